The molecule has 0 saturated carbocycles. The quantitative estimate of drug-likeness (QED) is 0.0374. The highest BCUT2D eigenvalue weighted by molar-refractivity contribution is 5.76. The van der Waals surface area contributed by atoms with E-state index in [1.807, 2.05) is 0 Å². The molecule has 5 nitrogen and oxygen atoms in total. The maximum atomic E-state index is 12.5. The first-order chi connectivity index (χ1) is 25.0. The van der Waals surface area contributed by atoms with Crippen molar-refractivity contribution in [1.82, 2.24) is 5.32 Å². The smallest absolute Gasteiger partial charge is 0.222 e. The molecule has 0 rings (SSSR count). The van der Waals surface area contributed by atoms with Gasteiger partial charge in [0, 0.05) is 0 Å². The second-order valence-electron chi connectivity index (χ2n) is 15.6. The van der Waals surface area contributed by atoms with Crippen LogP contribution in [-0.4, -0.2) is 46.1 Å². The Morgan fingerprint density at radius 3 is 1.33 bits per heavy atom. The number of aliphatic hydroxyl groups is 3. The zero-order valence-electron chi connectivity index (χ0n) is 34.2. The third-order valence-corrected chi connectivity index (χ3v) is 10.5. The maximum absolute atomic E-state index is 12.5. The maximum Gasteiger partial charge on any atom is 0.222 e. The van der Waals surface area contributed by atoms with Crippen molar-refractivity contribution in [2.45, 2.75) is 257 Å². The Morgan fingerprint density at radius 2 is 0.902 bits per heavy atom. The van der Waals surface area contributed by atoms with Crippen LogP contribution in [0.3, 0.4) is 0 Å². The minimum absolute atomic E-state index is 0.0374. The summed E-state index contributed by atoms with van der Waals surface area (Å²) in [6.07, 6.45) is 50.0. The molecule has 5 heteroatoms. The van der Waals surface area contributed by atoms with Gasteiger partial charge in [0.25, 0.3) is 0 Å². The number of aliphatic hydroxyl groups excluding tert-OH is 3. The molecule has 0 aliphatic carbocycles. The van der Waals surface area contributed by atoms with Crippen molar-refractivity contribution in [3.8, 4) is 0 Å². The highest BCUT2D eigenvalue weighted by Gasteiger charge is 2.21. The van der Waals surface area contributed by atoms with Gasteiger partial charge >= 0.3 is 0 Å². The van der Waals surface area contributed by atoms with Crippen LogP contribution >= 0.6 is 0 Å². The molecule has 0 saturated heterocycles. The summed E-state index contributed by atoms with van der Waals surface area (Å²) in [5.74, 6) is -0.282. The van der Waals surface area contributed by atoms with Gasteiger partial charge in [-0.3, -0.25) is 4.79 Å². The number of hydrogen-bond acceptors (Lipinski definition) is 4. The summed E-state index contributed by atoms with van der Waals surface area (Å²) < 4.78 is 0. The molecule has 0 spiro atoms. The van der Waals surface area contributed by atoms with Crippen LogP contribution in [0.1, 0.15) is 239 Å². The third kappa shape index (κ3) is 38.4. The van der Waals surface area contributed by atoms with Gasteiger partial charge in [0.15, 0.2) is 0 Å². The topological polar surface area (TPSA) is 89.8 Å². The number of hydrogen-bond donors (Lipinski definition) is 4. The van der Waals surface area contributed by atoms with Crippen molar-refractivity contribution in [3.63, 3.8) is 0 Å². The minimum Gasteiger partial charge on any atom is -0.394 e. The molecular formula is C46H89NO4. The molecule has 0 fully saturated rings. The number of allylic oxidation sites excluding steroid dienone is 4. The normalized spacial score (nSPS) is 13.7. The van der Waals surface area contributed by atoms with E-state index in [1.54, 1.807) is 0 Å². The van der Waals surface area contributed by atoms with Gasteiger partial charge in [-0.15, -0.1) is 0 Å². The second kappa shape index (κ2) is 41.6. The third-order valence-electron chi connectivity index (χ3n) is 10.5. The monoisotopic (exact) mass is 720 g/mol. The zero-order chi connectivity index (χ0) is 37.3. The summed E-state index contributed by atoms with van der Waals surface area (Å²) in [5.41, 5.74) is 0. The van der Waals surface area contributed by atoms with Crippen LogP contribution in [0.2, 0.25) is 0 Å². The van der Waals surface area contributed by atoms with Gasteiger partial charge < -0.3 is 20.6 Å². The van der Waals surface area contributed by atoms with Crippen molar-refractivity contribution < 1.29 is 20.1 Å². The molecule has 3 unspecified atom stereocenters. The van der Waals surface area contributed by atoms with E-state index in [-0.39, 0.29) is 18.9 Å². The Balaban J connectivity index is 3.59. The highest BCUT2D eigenvalue weighted by Crippen LogP contribution is 2.17. The van der Waals surface area contributed by atoms with Crippen LogP contribution in [-0.2, 0) is 4.79 Å². The molecule has 0 aromatic heterocycles. The van der Waals surface area contributed by atoms with Gasteiger partial charge in [0.1, 0.15) is 0 Å². The zero-order valence-corrected chi connectivity index (χ0v) is 34.2. The first kappa shape index (κ1) is 49.8. The highest BCUT2D eigenvalue weighted by atomic mass is 16.3. The standard InChI is InChI=1S/C46H89NO4/c1-3-5-7-9-11-13-15-17-19-21-22-24-25-27-29-31-33-35-37-39-43(49)41-46(51)47-44(42-48)45(50)40-38-36-34-32-30-28-26-23-20-18-16-14-12-10-8-6-4-2/h5,7,11,13,43-45,48-50H,3-4,6,8-10,12,14-42H2,1-2H3,(H,47,51)/b7-5-,13-11-. The van der Waals surface area contributed by atoms with E-state index in [0.29, 0.717) is 12.8 Å². The summed E-state index contributed by atoms with van der Waals surface area (Å²) in [4.78, 5) is 12.5. The van der Waals surface area contributed by atoms with Crippen molar-refractivity contribution >= 4 is 5.91 Å². The lowest BCUT2D eigenvalue weighted by Crippen LogP contribution is -2.46. The Morgan fingerprint density at radius 1 is 0.510 bits per heavy atom. The fourth-order valence-corrected chi connectivity index (χ4v) is 7.09. The lowest BCUT2D eigenvalue weighted by Gasteiger charge is -2.23. The van der Waals surface area contributed by atoms with Crippen molar-refractivity contribution in [2.75, 3.05) is 6.61 Å². The molecule has 0 aromatic rings. The van der Waals surface area contributed by atoms with Crippen molar-refractivity contribution in [2.24, 2.45) is 0 Å². The molecule has 0 bridgehead atoms. The number of amides is 1. The van der Waals surface area contributed by atoms with Gasteiger partial charge in [0.05, 0.1) is 31.3 Å². The summed E-state index contributed by atoms with van der Waals surface area (Å²) in [6.45, 7) is 4.17. The van der Waals surface area contributed by atoms with Gasteiger partial charge in [-0.25, -0.2) is 0 Å². The number of unbranched alkanes of at least 4 members (excludes halogenated alkanes) is 28. The van der Waals surface area contributed by atoms with Gasteiger partial charge in [0.2, 0.25) is 5.91 Å². The van der Waals surface area contributed by atoms with E-state index in [9.17, 15) is 20.1 Å². The van der Waals surface area contributed by atoms with E-state index in [4.69, 9.17) is 0 Å². The number of carbonyl (C=O) groups excluding carboxylic acids is 1. The fraction of sp³-hybridized carbons (Fsp3) is 0.891. The van der Waals surface area contributed by atoms with Gasteiger partial charge in [-0.05, 0) is 38.5 Å². The molecule has 0 radical (unpaired) electrons. The molecule has 3 atom stereocenters. The van der Waals surface area contributed by atoms with Gasteiger partial charge in [-0.2, -0.15) is 0 Å². The minimum atomic E-state index is -0.747. The molecule has 0 aromatic carbocycles. The molecule has 0 aliphatic heterocycles. The predicted octanol–water partition coefficient (Wildman–Crippen LogP) is 13.0. The first-order valence-corrected chi connectivity index (χ1v) is 22.6. The largest absolute Gasteiger partial charge is 0.394 e. The van der Waals surface area contributed by atoms with Crippen LogP contribution in [0.5, 0.6) is 0 Å². The molecule has 302 valence electrons. The summed E-state index contributed by atoms with van der Waals surface area (Å²) in [6, 6.07) is -0.656. The summed E-state index contributed by atoms with van der Waals surface area (Å²) >= 11 is 0. The molecule has 0 heterocycles. The fourth-order valence-electron chi connectivity index (χ4n) is 7.09. The Kier molecular flexibility index (Phi) is 40.6. The van der Waals surface area contributed by atoms with E-state index in [2.05, 4.69) is 43.5 Å². The van der Waals surface area contributed by atoms with Crippen LogP contribution in [0, 0.1) is 0 Å². The Hall–Kier alpha value is -1.17. The van der Waals surface area contributed by atoms with E-state index < -0.39 is 18.2 Å². The Bertz CT molecular complexity index is 754. The van der Waals surface area contributed by atoms with E-state index in [0.717, 1.165) is 38.5 Å². The predicted molar refractivity (Wildman–Crippen MR) is 222 cm³/mol. The molecule has 4 N–H and O–H groups in total. The number of nitrogens with one attached hydrogen (secondary N) is 1. The van der Waals surface area contributed by atoms with Crippen LogP contribution in [0.4, 0.5) is 0 Å². The average molecular weight is 720 g/mol. The van der Waals surface area contributed by atoms with E-state index in [1.165, 1.54) is 167 Å². The van der Waals surface area contributed by atoms with Gasteiger partial charge in [-0.1, -0.05) is 218 Å². The molecular weight excluding hydrogens is 631 g/mol. The summed E-state index contributed by atoms with van der Waals surface area (Å²) in [7, 11) is 0. The number of rotatable bonds is 41. The molecule has 1 amide bonds. The van der Waals surface area contributed by atoms with Crippen LogP contribution in [0.25, 0.3) is 0 Å². The van der Waals surface area contributed by atoms with Crippen LogP contribution in [0.15, 0.2) is 24.3 Å². The molecule has 0 aliphatic rings. The molecule has 51 heavy (non-hydrogen) atoms. The van der Waals surface area contributed by atoms with E-state index >= 15 is 0 Å². The second-order valence-corrected chi connectivity index (χ2v) is 15.6. The average Bonchev–Trinajstić information content (AvgIpc) is 3.12. The summed E-state index contributed by atoms with van der Waals surface area (Å²) in [5, 5.41) is 33.4. The lowest BCUT2D eigenvalue weighted by molar-refractivity contribution is -0.125. The van der Waals surface area contributed by atoms with Crippen LogP contribution < -0.4 is 5.32 Å². The van der Waals surface area contributed by atoms with Crippen molar-refractivity contribution in [1.29, 1.82) is 0 Å². The SMILES string of the molecule is CC/C=C\C/C=C\CCCCCCCCCCCCCCC(O)CC(=O)NC(CO)C(O)CCCCCCCCCCCCCCCCCCC. The lowest BCUT2D eigenvalue weighted by atomic mass is 10.0. The van der Waals surface area contributed by atoms with Crippen molar-refractivity contribution in [3.05, 3.63) is 24.3 Å². The Labute approximate surface area is 318 Å². The number of carbonyl (C=O) groups is 1. The first-order valence-electron chi connectivity index (χ1n) is 22.6.